The average molecular weight is 431 g/mol. The van der Waals surface area contributed by atoms with Crippen molar-refractivity contribution in [1.29, 1.82) is 0 Å². The number of aromatic nitrogens is 1. The molecule has 0 unspecified atom stereocenters. The van der Waals surface area contributed by atoms with Crippen molar-refractivity contribution in [2.24, 2.45) is 5.73 Å². The number of hydrogen-bond acceptors (Lipinski definition) is 7. The zero-order valence-corrected chi connectivity index (χ0v) is 17.1. The molecule has 0 saturated heterocycles. The van der Waals surface area contributed by atoms with Crippen molar-refractivity contribution in [3.63, 3.8) is 0 Å². The Bertz CT molecular complexity index is 1040. The highest BCUT2D eigenvalue weighted by atomic mass is 32.1. The van der Waals surface area contributed by atoms with Gasteiger partial charge in [0, 0.05) is 17.2 Å². The maximum Gasteiger partial charge on any atom is 0.261 e. The second-order valence-electron chi connectivity index (χ2n) is 5.92. The predicted molar refractivity (Wildman–Crippen MR) is 112 cm³/mol. The lowest BCUT2D eigenvalue weighted by molar-refractivity contribution is -0.120. The first-order valence-electron chi connectivity index (χ1n) is 8.53. The van der Waals surface area contributed by atoms with Gasteiger partial charge in [-0.15, -0.1) is 22.7 Å². The lowest BCUT2D eigenvalue weighted by Crippen LogP contribution is -2.21. The molecule has 10 heteroatoms. The van der Waals surface area contributed by atoms with Crippen molar-refractivity contribution >= 4 is 45.5 Å². The second kappa shape index (κ2) is 9.30. The Kier molecular flexibility index (Phi) is 6.57. The summed E-state index contributed by atoms with van der Waals surface area (Å²) in [6, 6.07) is 10.4. The number of carbonyl (C=O) groups is 3. The molecule has 0 spiro atoms. The van der Waals surface area contributed by atoms with Gasteiger partial charge in [0.05, 0.1) is 22.7 Å². The van der Waals surface area contributed by atoms with Gasteiger partial charge in [0.2, 0.25) is 5.91 Å². The fourth-order valence-electron chi connectivity index (χ4n) is 2.36. The van der Waals surface area contributed by atoms with Crippen molar-refractivity contribution < 1.29 is 19.1 Å². The molecule has 8 nitrogen and oxygen atoms in total. The van der Waals surface area contributed by atoms with Gasteiger partial charge in [0.15, 0.2) is 11.7 Å². The fourth-order valence-corrected chi connectivity index (χ4v) is 4.05. The SMILES string of the molecule is CC(=O)NCc1ccc(-c2csc(NC(=O)c3ccccc3OCC(N)=O)n2)s1. The molecule has 150 valence electrons. The molecule has 0 saturated carbocycles. The van der Waals surface area contributed by atoms with Crippen LogP contribution in [-0.2, 0) is 16.1 Å². The summed E-state index contributed by atoms with van der Waals surface area (Å²) >= 11 is 2.82. The van der Waals surface area contributed by atoms with Crippen molar-refractivity contribution in [2.75, 3.05) is 11.9 Å². The van der Waals surface area contributed by atoms with E-state index in [0.717, 1.165) is 15.4 Å². The predicted octanol–water partition coefficient (Wildman–Crippen LogP) is 2.62. The van der Waals surface area contributed by atoms with Crippen LogP contribution in [0.4, 0.5) is 5.13 Å². The smallest absolute Gasteiger partial charge is 0.261 e. The summed E-state index contributed by atoms with van der Waals surface area (Å²) in [6.07, 6.45) is 0. The van der Waals surface area contributed by atoms with E-state index in [1.165, 1.54) is 29.6 Å². The molecule has 29 heavy (non-hydrogen) atoms. The fraction of sp³-hybridized carbons (Fsp3) is 0.158. The number of ether oxygens (including phenoxy) is 1. The number of para-hydroxylation sites is 1. The molecule has 0 fully saturated rings. The van der Waals surface area contributed by atoms with Crippen molar-refractivity contribution in [3.05, 3.63) is 52.2 Å². The van der Waals surface area contributed by atoms with Crippen LogP contribution in [0.1, 0.15) is 22.2 Å². The molecule has 1 aromatic carbocycles. The third kappa shape index (κ3) is 5.62. The van der Waals surface area contributed by atoms with Crippen LogP contribution in [0, 0.1) is 0 Å². The van der Waals surface area contributed by atoms with E-state index in [0.29, 0.717) is 11.7 Å². The number of amides is 3. The van der Waals surface area contributed by atoms with E-state index in [4.69, 9.17) is 10.5 Å². The van der Waals surface area contributed by atoms with Gasteiger partial charge in [-0.2, -0.15) is 0 Å². The van der Waals surface area contributed by atoms with Gasteiger partial charge >= 0.3 is 0 Å². The first-order valence-corrected chi connectivity index (χ1v) is 10.2. The molecule has 0 aliphatic heterocycles. The maximum absolute atomic E-state index is 12.6. The molecule has 0 aliphatic carbocycles. The summed E-state index contributed by atoms with van der Waals surface area (Å²) in [4.78, 5) is 41.0. The lowest BCUT2D eigenvalue weighted by Gasteiger charge is -2.09. The number of thiophene rings is 1. The Labute approximate surface area is 174 Å². The van der Waals surface area contributed by atoms with E-state index >= 15 is 0 Å². The third-order valence-corrected chi connectivity index (χ3v) is 5.52. The summed E-state index contributed by atoms with van der Waals surface area (Å²) in [5.74, 6) is -0.845. The van der Waals surface area contributed by atoms with Gasteiger partial charge < -0.3 is 15.8 Å². The number of thiazole rings is 1. The molecular weight excluding hydrogens is 412 g/mol. The minimum atomic E-state index is -0.626. The highest BCUT2D eigenvalue weighted by Crippen LogP contribution is 2.31. The Hall–Kier alpha value is -3.24. The molecule has 3 amide bonds. The molecule has 2 heterocycles. The molecule has 0 aliphatic rings. The molecule has 2 aromatic heterocycles. The Morgan fingerprint density at radius 1 is 1.17 bits per heavy atom. The van der Waals surface area contributed by atoms with Crippen LogP contribution in [0.25, 0.3) is 10.6 Å². The minimum Gasteiger partial charge on any atom is -0.483 e. The summed E-state index contributed by atoms with van der Waals surface area (Å²) < 4.78 is 5.29. The van der Waals surface area contributed by atoms with Gasteiger partial charge in [-0.25, -0.2) is 4.98 Å². The summed E-state index contributed by atoms with van der Waals surface area (Å²) in [7, 11) is 0. The topological polar surface area (TPSA) is 123 Å². The van der Waals surface area contributed by atoms with Crippen LogP contribution < -0.4 is 21.1 Å². The lowest BCUT2D eigenvalue weighted by atomic mass is 10.2. The van der Waals surface area contributed by atoms with Crippen LogP contribution in [0.2, 0.25) is 0 Å². The zero-order valence-electron chi connectivity index (χ0n) is 15.4. The van der Waals surface area contributed by atoms with Gasteiger partial charge in [0.25, 0.3) is 11.8 Å². The molecule has 3 rings (SSSR count). The van der Waals surface area contributed by atoms with Gasteiger partial charge in [-0.3, -0.25) is 19.7 Å². The third-order valence-electron chi connectivity index (χ3n) is 3.65. The van der Waals surface area contributed by atoms with Gasteiger partial charge in [-0.1, -0.05) is 12.1 Å². The standard InChI is InChI=1S/C19H18N4O4S2/c1-11(24)21-8-12-6-7-16(29-12)14-10-28-19(22-14)23-18(26)13-4-2-3-5-15(13)27-9-17(20)25/h2-7,10H,8-9H2,1H3,(H2,20,25)(H,21,24)(H,22,23,26). The molecule has 0 bridgehead atoms. The van der Waals surface area contributed by atoms with Crippen LogP contribution in [0.3, 0.4) is 0 Å². The van der Waals surface area contributed by atoms with E-state index in [2.05, 4.69) is 15.6 Å². The Balaban J connectivity index is 1.68. The van der Waals surface area contributed by atoms with Crippen molar-refractivity contribution in [3.8, 4) is 16.3 Å². The largest absolute Gasteiger partial charge is 0.483 e. The second-order valence-corrected chi connectivity index (χ2v) is 7.95. The summed E-state index contributed by atoms with van der Waals surface area (Å²) in [5, 5.41) is 7.78. The van der Waals surface area contributed by atoms with E-state index in [1.807, 2.05) is 17.5 Å². The number of nitrogens with zero attached hydrogens (tertiary/aromatic N) is 1. The number of carbonyl (C=O) groups excluding carboxylic acids is 3. The number of anilines is 1. The Morgan fingerprint density at radius 2 is 1.97 bits per heavy atom. The molecule has 0 radical (unpaired) electrons. The number of nitrogens with two attached hydrogens (primary N) is 1. The minimum absolute atomic E-state index is 0.0845. The quantitative estimate of drug-likeness (QED) is 0.507. The Morgan fingerprint density at radius 3 is 2.72 bits per heavy atom. The van der Waals surface area contributed by atoms with E-state index in [-0.39, 0.29) is 23.8 Å². The summed E-state index contributed by atoms with van der Waals surface area (Å²) in [5.41, 5.74) is 6.11. The first kappa shape index (κ1) is 20.5. The van der Waals surface area contributed by atoms with Crippen LogP contribution >= 0.6 is 22.7 Å². The molecule has 4 N–H and O–H groups in total. The van der Waals surface area contributed by atoms with Crippen molar-refractivity contribution in [2.45, 2.75) is 13.5 Å². The number of primary amides is 1. The highest BCUT2D eigenvalue weighted by Gasteiger charge is 2.15. The van der Waals surface area contributed by atoms with Crippen molar-refractivity contribution in [1.82, 2.24) is 10.3 Å². The van der Waals surface area contributed by atoms with Crippen LogP contribution in [-0.4, -0.2) is 29.3 Å². The average Bonchev–Trinajstić information content (AvgIpc) is 3.34. The number of rotatable bonds is 8. The summed E-state index contributed by atoms with van der Waals surface area (Å²) in [6.45, 7) is 1.63. The molecule has 0 atom stereocenters. The van der Waals surface area contributed by atoms with E-state index in [9.17, 15) is 14.4 Å². The molecular formula is C19H18N4O4S2. The maximum atomic E-state index is 12.6. The normalized spacial score (nSPS) is 10.4. The number of benzene rings is 1. The monoisotopic (exact) mass is 430 g/mol. The van der Waals surface area contributed by atoms with Gasteiger partial charge in [0.1, 0.15) is 5.75 Å². The van der Waals surface area contributed by atoms with E-state index < -0.39 is 11.8 Å². The first-order chi connectivity index (χ1) is 13.9. The number of nitrogens with one attached hydrogen (secondary N) is 2. The zero-order chi connectivity index (χ0) is 20.8. The molecule has 3 aromatic rings. The van der Waals surface area contributed by atoms with Gasteiger partial charge in [-0.05, 0) is 24.3 Å². The van der Waals surface area contributed by atoms with E-state index in [1.54, 1.807) is 24.3 Å². The van der Waals surface area contributed by atoms with Crippen LogP contribution in [0.5, 0.6) is 5.75 Å². The number of hydrogen-bond donors (Lipinski definition) is 3. The highest BCUT2D eigenvalue weighted by molar-refractivity contribution is 7.17. The van der Waals surface area contributed by atoms with Crippen LogP contribution in [0.15, 0.2) is 41.8 Å².